The van der Waals surface area contributed by atoms with Gasteiger partial charge in [-0.15, -0.1) is 0 Å². The number of alkyl carbamates (subject to hydrolysis) is 1. The van der Waals surface area contributed by atoms with E-state index in [0.29, 0.717) is 4.90 Å². The van der Waals surface area contributed by atoms with Crippen molar-refractivity contribution in [1.82, 2.24) is 10.2 Å². The first-order chi connectivity index (χ1) is 15.9. The molecule has 0 spiro atoms. The molecule has 3 aromatic rings. The summed E-state index contributed by atoms with van der Waals surface area (Å²) in [7, 11) is 3.16. The number of benzene rings is 3. The molecule has 5 nitrogen and oxygen atoms in total. The summed E-state index contributed by atoms with van der Waals surface area (Å²) < 4.78 is 47.2. The van der Waals surface area contributed by atoms with Crippen molar-refractivity contribution in [1.29, 1.82) is 0 Å². The molecular formula is C25H25F3N2O3S. The van der Waals surface area contributed by atoms with E-state index in [2.05, 4.69) is 5.32 Å². The van der Waals surface area contributed by atoms with Gasteiger partial charge in [0.15, 0.2) is 0 Å². The van der Waals surface area contributed by atoms with Crippen molar-refractivity contribution in [2.75, 3.05) is 14.1 Å². The molecule has 0 radical (unpaired) electrons. The van der Waals surface area contributed by atoms with Gasteiger partial charge in [-0.3, -0.25) is 4.79 Å². The van der Waals surface area contributed by atoms with Crippen LogP contribution in [0, 0.1) is 0 Å². The average Bonchev–Trinajstić information content (AvgIpc) is 2.78. The normalized spacial score (nSPS) is 14.2. The summed E-state index contributed by atoms with van der Waals surface area (Å²) in [5, 5.41) is 4.10. The fourth-order valence-electron chi connectivity index (χ4n) is 3.41. The van der Waals surface area contributed by atoms with E-state index in [1.807, 2.05) is 42.5 Å². The minimum Gasteiger partial charge on any atom is -0.429 e. The van der Waals surface area contributed by atoms with Gasteiger partial charge < -0.3 is 15.0 Å². The number of alkyl halides is 3. The highest BCUT2D eigenvalue weighted by Gasteiger charge is 2.56. The summed E-state index contributed by atoms with van der Waals surface area (Å²) in [4.78, 5) is 26.3. The number of hydrogen-bond donors (Lipinski definition) is 1. The minimum absolute atomic E-state index is 0.255. The fourth-order valence-corrected chi connectivity index (χ4v) is 4.07. The second kappa shape index (κ2) is 9.97. The van der Waals surface area contributed by atoms with Gasteiger partial charge in [0.1, 0.15) is 0 Å². The monoisotopic (exact) mass is 490 g/mol. The average molecular weight is 491 g/mol. The molecule has 0 fully saturated rings. The van der Waals surface area contributed by atoms with E-state index in [1.54, 1.807) is 21.0 Å². The SMILES string of the molecule is CC(NC(=O)O[C@@](C)(c1ccc(SC(=O)N(C)C)cc1)C(F)(F)F)c1cccc2ccccc12. The topological polar surface area (TPSA) is 58.6 Å². The maximum atomic E-state index is 14.1. The molecule has 0 heterocycles. The number of halogens is 3. The number of thioether (sulfide) groups is 1. The predicted octanol–water partition coefficient (Wildman–Crippen LogP) is 6.88. The molecule has 2 amide bonds. The molecule has 3 rings (SSSR count). The summed E-state index contributed by atoms with van der Waals surface area (Å²) in [6.07, 6.45) is -6.07. The quantitative estimate of drug-likeness (QED) is 0.396. The first kappa shape index (κ1) is 25.4. The Bertz CT molecular complexity index is 1180. The molecule has 0 aliphatic rings. The Morgan fingerprint density at radius 2 is 1.59 bits per heavy atom. The van der Waals surface area contributed by atoms with Crippen LogP contribution < -0.4 is 5.32 Å². The minimum atomic E-state index is -4.87. The van der Waals surface area contributed by atoms with Gasteiger partial charge in [0, 0.05) is 24.6 Å². The number of rotatable bonds is 5. The van der Waals surface area contributed by atoms with Gasteiger partial charge in [-0.2, -0.15) is 13.2 Å². The van der Waals surface area contributed by atoms with Crippen LogP contribution in [0.1, 0.15) is 31.0 Å². The third kappa shape index (κ3) is 5.47. The van der Waals surface area contributed by atoms with Crippen LogP contribution in [0.25, 0.3) is 10.8 Å². The lowest BCUT2D eigenvalue weighted by molar-refractivity contribution is -0.257. The number of amides is 2. The van der Waals surface area contributed by atoms with Crippen LogP contribution in [0.3, 0.4) is 0 Å². The first-order valence-electron chi connectivity index (χ1n) is 10.5. The number of nitrogens with one attached hydrogen (secondary N) is 1. The zero-order valence-electron chi connectivity index (χ0n) is 19.1. The highest BCUT2D eigenvalue weighted by atomic mass is 32.2. The van der Waals surface area contributed by atoms with Crippen LogP contribution in [-0.4, -0.2) is 36.5 Å². The zero-order chi connectivity index (χ0) is 25.1. The lowest BCUT2D eigenvalue weighted by Crippen LogP contribution is -2.46. The maximum Gasteiger partial charge on any atom is 0.432 e. The second-order valence-corrected chi connectivity index (χ2v) is 9.17. The van der Waals surface area contributed by atoms with Crippen LogP contribution in [0.15, 0.2) is 71.6 Å². The van der Waals surface area contributed by atoms with E-state index in [-0.39, 0.29) is 10.8 Å². The molecule has 0 saturated carbocycles. The van der Waals surface area contributed by atoms with Gasteiger partial charge in [0.05, 0.1) is 6.04 Å². The molecule has 0 saturated heterocycles. The number of hydrogen-bond acceptors (Lipinski definition) is 4. The van der Waals surface area contributed by atoms with Crippen LogP contribution in [-0.2, 0) is 10.3 Å². The van der Waals surface area contributed by atoms with Crippen LogP contribution in [0.4, 0.5) is 22.8 Å². The molecule has 9 heteroatoms. The van der Waals surface area contributed by atoms with E-state index in [9.17, 15) is 22.8 Å². The third-order valence-corrected chi connectivity index (χ3v) is 6.49. The first-order valence-corrected chi connectivity index (χ1v) is 11.3. The summed E-state index contributed by atoms with van der Waals surface area (Å²) in [5.74, 6) is 0. The van der Waals surface area contributed by atoms with Crippen molar-refractivity contribution in [3.8, 4) is 0 Å². The Balaban J connectivity index is 1.80. The molecule has 1 unspecified atom stereocenters. The Labute approximate surface area is 200 Å². The lowest BCUT2D eigenvalue weighted by Gasteiger charge is -2.32. The van der Waals surface area contributed by atoms with Crippen LogP contribution >= 0.6 is 11.8 Å². The van der Waals surface area contributed by atoms with E-state index >= 15 is 0 Å². The summed E-state index contributed by atoms with van der Waals surface area (Å²) in [5.41, 5.74) is -2.38. The summed E-state index contributed by atoms with van der Waals surface area (Å²) >= 11 is 0.885. The Morgan fingerprint density at radius 1 is 0.971 bits per heavy atom. The lowest BCUT2D eigenvalue weighted by atomic mass is 9.95. The highest BCUT2D eigenvalue weighted by molar-refractivity contribution is 8.13. The third-order valence-electron chi connectivity index (χ3n) is 5.44. The zero-order valence-corrected chi connectivity index (χ0v) is 20.0. The maximum absolute atomic E-state index is 14.1. The molecule has 1 N–H and O–H groups in total. The smallest absolute Gasteiger partial charge is 0.429 e. The molecule has 34 heavy (non-hydrogen) atoms. The molecule has 0 bridgehead atoms. The van der Waals surface area contributed by atoms with Crippen molar-refractivity contribution in [3.05, 3.63) is 77.9 Å². The van der Waals surface area contributed by atoms with Crippen LogP contribution in [0.2, 0.25) is 0 Å². The van der Waals surface area contributed by atoms with E-state index in [1.165, 1.54) is 29.2 Å². The molecule has 3 aromatic carbocycles. The fraction of sp³-hybridized carbons (Fsp3) is 0.280. The largest absolute Gasteiger partial charge is 0.432 e. The Hall–Kier alpha value is -3.20. The molecule has 180 valence electrons. The van der Waals surface area contributed by atoms with Crippen LogP contribution in [0.5, 0.6) is 0 Å². The van der Waals surface area contributed by atoms with E-state index < -0.39 is 23.9 Å². The second-order valence-electron chi connectivity index (χ2n) is 8.14. The molecule has 0 aromatic heterocycles. The number of nitrogens with zero attached hydrogens (tertiary/aromatic N) is 1. The van der Waals surface area contributed by atoms with E-state index in [4.69, 9.17) is 4.74 Å². The summed E-state index contributed by atoms with van der Waals surface area (Å²) in [6, 6.07) is 17.7. The van der Waals surface area contributed by atoms with Gasteiger partial charge in [0.25, 0.3) is 5.24 Å². The number of fused-ring (bicyclic) bond motifs is 1. The predicted molar refractivity (Wildman–Crippen MR) is 127 cm³/mol. The Kier molecular flexibility index (Phi) is 7.45. The van der Waals surface area contributed by atoms with Crippen molar-refractivity contribution in [2.24, 2.45) is 0 Å². The van der Waals surface area contributed by atoms with Crippen molar-refractivity contribution in [3.63, 3.8) is 0 Å². The van der Waals surface area contributed by atoms with E-state index in [0.717, 1.165) is 35.0 Å². The van der Waals surface area contributed by atoms with Gasteiger partial charge in [-0.05, 0) is 54.1 Å². The van der Waals surface area contributed by atoms with Gasteiger partial charge in [-0.25, -0.2) is 4.79 Å². The number of carbonyl (C=O) groups is 2. The highest BCUT2D eigenvalue weighted by Crippen LogP contribution is 2.42. The van der Waals surface area contributed by atoms with Gasteiger partial charge in [0.2, 0.25) is 5.60 Å². The molecule has 0 aliphatic carbocycles. The van der Waals surface area contributed by atoms with Crippen molar-refractivity contribution in [2.45, 2.75) is 36.6 Å². The van der Waals surface area contributed by atoms with Gasteiger partial charge >= 0.3 is 12.3 Å². The summed E-state index contributed by atoms with van der Waals surface area (Å²) in [6.45, 7) is 2.49. The molecule has 2 atom stereocenters. The molecule has 0 aliphatic heterocycles. The molecular weight excluding hydrogens is 465 g/mol. The number of ether oxygens (including phenoxy) is 1. The van der Waals surface area contributed by atoms with Gasteiger partial charge in [-0.1, -0.05) is 54.6 Å². The van der Waals surface area contributed by atoms with Crippen molar-refractivity contribution >= 4 is 33.9 Å². The van der Waals surface area contributed by atoms with Crippen molar-refractivity contribution < 1.29 is 27.5 Å². The number of carbonyl (C=O) groups excluding carboxylic acids is 2. The standard InChI is InChI=1S/C25H25F3N2O3S/c1-16(20-11-7-9-17-8-5-6-10-21(17)20)29-22(31)33-24(2,25(26,27)28)18-12-14-19(15-13-18)34-23(32)30(3)4/h5-16H,1-4H3,(H,29,31)/t16?,24-/m0/s1. The Morgan fingerprint density at radius 3 is 2.21 bits per heavy atom.